The zero-order valence-corrected chi connectivity index (χ0v) is 8.62. The van der Waals surface area contributed by atoms with E-state index in [-0.39, 0.29) is 15.7 Å². The standard InChI is InChI=1S/C8H8Cl2F2N2/c9-6-1-7(10)14-3-5(6)2-8(11,12)4-13/h1,3H,2,4,13H2. The molecule has 0 aliphatic carbocycles. The molecule has 0 aromatic carbocycles. The maximum Gasteiger partial charge on any atom is 0.264 e. The van der Waals surface area contributed by atoms with E-state index in [1.54, 1.807) is 0 Å². The Kier molecular flexibility index (Phi) is 3.64. The molecule has 1 rings (SSSR count). The summed E-state index contributed by atoms with van der Waals surface area (Å²) in [5.74, 6) is -2.96. The summed E-state index contributed by atoms with van der Waals surface area (Å²) in [5, 5.41) is 0.355. The fourth-order valence-electron chi connectivity index (χ4n) is 0.917. The van der Waals surface area contributed by atoms with Crippen LogP contribution in [0.2, 0.25) is 10.2 Å². The summed E-state index contributed by atoms with van der Waals surface area (Å²) < 4.78 is 25.7. The number of nitrogens with zero attached hydrogens (tertiary/aromatic N) is 1. The molecule has 0 bridgehead atoms. The first-order chi connectivity index (χ1) is 6.44. The lowest BCUT2D eigenvalue weighted by Crippen LogP contribution is -2.30. The molecule has 0 atom stereocenters. The molecule has 0 unspecified atom stereocenters. The fourth-order valence-corrected chi connectivity index (χ4v) is 1.35. The van der Waals surface area contributed by atoms with E-state index in [1.807, 2.05) is 0 Å². The largest absolute Gasteiger partial charge is 0.325 e. The van der Waals surface area contributed by atoms with Crippen LogP contribution in [0.4, 0.5) is 8.78 Å². The van der Waals surface area contributed by atoms with Gasteiger partial charge in [-0.2, -0.15) is 0 Å². The number of hydrogen-bond donors (Lipinski definition) is 1. The van der Waals surface area contributed by atoms with E-state index in [9.17, 15) is 8.78 Å². The Bertz CT molecular complexity index is 331. The quantitative estimate of drug-likeness (QED) is 0.826. The van der Waals surface area contributed by atoms with E-state index in [4.69, 9.17) is 28.9 Å². The minimum atomic E-state index is -2.96. The molecular formula is C8H8Cl2F2N2. The summed E-state index contributed by atoms with van der Waals surface area (Å²) >= 11 is 11.2. The van der Waals surface area contributed by atoms with Crippen molar-refractivity contribution in [1.29, 1.82) is 0 Å². The molecule has 0 aliphatic rings. The lowest BCUT2D eigenvalue weighted by Gasteiger charge is -2.14. The van der Waals surface area contributed by atoms with Gasteiger partial charge in [0.25, 0.3) is 5.92 Å². The van der Waals surface area contributed by atoms with E-state index in [0.717, 1.165) is 0 Å². The highest BCUT2D eigenvalue weighted by molar-refractivity contribution is 6.34. The van der Waals surface area contributed by atoms with Crippen LogP contribution in [0.5, 0.6) is 0 Å². The van der Waals surface area contributed by atoms with Gasteiger partial charge in [-0.05, 0) is 11.6 Å². The third kappa shape index (κ3) is 3.04. The van der Waals surface area contributed by atoms with Crippen molar-refractivity contribution >= 4 is 23.2 Å². The van der Waals surface area contributed by atoms with Gasteiger partial charge in [-0.3, -0.25) is 0 Å². The molecule has 0 aliphatic heterocycles. The van der Waals surface area contributed by atoms with Gasteiger partial charge >= 0.3 is 0 Å². The van der Waals surface area contributed by atoms with Gasteiger partial charge in [0.05, 0.1) is 6.54 Å². The summed E-state index contributed by atoms with van der Waals surface area (Å²) in [6.45, 7) is -0.716. The molecule has 1 aromatic heterocycles. The molecule has 0 amide bonds. The summed E-state index contributed by atoms with van der Waals surface area (Å²) in [7, 11) is 0. The molecule has 2 nitrogen and oxygen atoms in total. The third-order valence-electron chi connectivity index (χ3n) is 1.64. The molecule has 0 spiro atoms. The predicted octanol–water partition coefficient (Wildman–Crippen LogP) is 2.52. The van der Waals surface area contributed by atoms with Crippen LogP contribution in [-0.2, 0) is 6.42 Å². The lowest BCUT2D eigenvalue weighted by atomic mass is 10.1. The van der Waals surface area contributed by atoms with Crippen molar-refractivity contribution in [3.8, 4) is 0 Å². The Morgan fingerprint density at radius 3 is 2.57 bits per heavy atom. The number of pyridine rings is 1. The van der Waals surface area contributed by atoms with Gasteiger partial charge < -0.3 is 5.73 Å². The molecular weight excluding hydrogens is 233 g/mol. The molecule has 0 saturated carbocycles. The Balaban J connectivity index is 2.87. The monoisotopic (exact) mass is 240 g/mol. The molecule has 0 saturated heterocycles. The second-order valence-electron chi connectivity index (χ2n) is 2.84. The van der Waals surface area contributed by atoms with Crippen molar-refractivity contribution in [3.05, 3.63) is 28.0 Å². The fraction of sp³-hybridized carbons (Fsp3) is 0.375. The number of nitrogens with two attached hydrogens (primary N) is 1. The van der Waals surface area contributed by atoms with Gasteiger partial charge in [0.15, 0.2) is 0 Å². The van der Waals surface area contributed by atoms with Crippen LogP contribution in [0.1, 0.15) is 5.56 Å². The topological polar surface area (TPSA) is 38.9 Å². The minimum absolute atomic E-state index is 0.176. The van der Waals surface area contributed by atoms with Gasteiger partial charge in [0, 0.05) is 17.6 Å². The van der Waals surface area contributed by atoms with Gasteiger partial charge in [-0.15, -0.1) is 0 Å². The van der Waals surface area contributed by atoms with Gasteiger partial charge in [0.2, 0.25) is 0 Å². The maximum atomic E-state index is 12.9. The maximum absolute atomic E-state index is 12.9. The van der Waals surface area contributed by atoms with Gasteiger partial charge in [-0.1, -0.05) is 23.2 Å². The summed E-state index contributed by atoms with van der Waals surface area (Å²) in [5.41, 5.74) is 5.14. The summed E-state index contributed by atoms with van der Waals surface area (Å²) in [6, 6.07) is 1.32. The lowest BCUT2D eigenvalue weighted by molar-refractivity contribution is 0.0114. The predicted molar refractivity (Wildman–Crippen MR) is 52.0 cm³/mol. The first-order valence-electron chi connectivity index (χ1n) is 3.82. The molecule has 6 heteroatoms. The molecule has 78 valence electrons. The van der Waals surface area contributed by atoms with Crippen LogP contribution in [-0.4, -0.2) is 17.5 Å². The van der Waals surface area contributed by atoms with Gasteiger partial charge in [-0.25, -0.2) is 13.8 Å². The molecule has 0 fully saturated rings. The minimum Gasteiger partial charge on any atom is -0.325 e. The summed E-state index contributed by atoms with van der Waals surface area (Å²) in [4.78, 5) is 3.67. The Morgan fingerprint density at radius 1 is 1.43 bits per heavy atom. The first-order valence-corrected chi connectivity index (χ1v) is 4.58. The van der Waals surface area contributed by atoms with E-state index < -0.39 is 18.9 Å². The zero-order chi connectivity index (χ0) is 10.8. The van der Waals surface area contributed by atoms with Crippen LogP contribution in [0, 0.1) is 0 Å². The van der Waals surface area contributed by atoms with E-state index in [2.05, 4.69) is 4.98 Å². The van der Waals surface area contributed by atoms with E-state index in [0.29, 0.717) is 0 Å². The molecule has 1 heterocycles. The van der Waals surface area contributed by atoms with Crippen LogP contribution >= 0.6 is 23.2 Å². The number of rotatable bonds is 3. The van der Waals surface area contributed by atoms with E-state index >= 15 is 0 Å². The third-order valence-corrected chi connectivity index (χ3v) is 2.20. The number of halogens is 4. The zero-order valence-electron chi connectivity index (χ0n) is 7.11. The van der Waals surface area contributed by atoms with Crippen LogP contribution in [0.15, 0.2) is 12.3 Å². The SMILES string of the molecule is NCC(F)(F)Cc1cnc(Cl)cc1Cl. The molecule has 2 N–H and O–H groups in total. The average molecular weight is 241 g/mol. The van der Waals surface area contributed by atoms with Crippen molar-refractivity contribution < 1.29 is 8.78 Å². The first kappa shape index (κ1) is 11.6. The van der Waals surface area contributed by atoms with Crippen molar-refractivity contribution in [2.45, 2.75) is 12.3 Å². The Labute approximate surface area is 90.0 Å². The number of hydrogen-bond acceptors (Lipinski definition) is 2. The number of alkyl halides is 2. The van der Waals surface area contributed by atoms with Crippen molar-refractivity contribution in [1.82, 2.24) is 4.98 Å². The van der Waals surface area contributed by atoms with Crippen molar-refractivity contribution in [3.63, 3.8) is 0 Å². The number of aromatic nitrogens is 1. The smallest absolute Gasteiger partial charge is 0.264 e. The Hall–Kier alpha value is -0.450. The Morgan fingerprint density at radius 2 is 2.07 bits per heavy atom. The molecule has 0 radical (unpaired) electrons. The normalized spacial score (nSPS) is 11.8. The van der Waals surface area contributed by atoms with Crippen molar-refractivity contribution in [2.75, 3.05) is 6.54 Å². The van der Waals surface area contributed by atoms with Crippen LogP contribution < -0.4 is 5.73 Å². The van der Waals surface area contributed by atoms with Crippen LogP contribution in [0.25, 0.3) is 0 Å². The second kappa shape index (κ2) is 4.38. The summed E-state index contributed by atoms with van der Waals surface area (Å²) in [6.07, 6.45) is 0.709. The highest BCUT2D eigenvalue weighted by Crippen LogP contribution is 2.25. The highest BCUT2D eigenvalue weighted by atomic mass is 35.5. The molecule has 1 aromatic rings. The second-order valence-corrected chi connectivity index (χ2v) is 3.63. The van der Waals surface area contributed by atoms with E-state index in [1.165, 1.54) is 12.3 Å². The van der Waals surface area contributed by atoms with Crippen LogP contribution in [0.3, 0.4) is 0 Å². The average Bonchev–Trinajstić information content (AvgIpc) is 2.10. The highest BCUT2D eigenvalue weighted by Gasteiger charge is 2.28. The van der Waals surface area contributed by atoms with Crippen molar-refractivity contribution in [2.24, 2.45) is 5.73 Å². The van der Waals surface area contributed by atoms with Gasteiger partial charge in [0.1, 0.15) is 5.15 Å². The molecule has 14 heavy (non-hydrogen) atoms.